The van der Waals surface area contributed by atoms with Gasteiger partial charge in [-0.05, 0) is 54.0 Å². The summed E-state index contributed by atoms with van der Waals surface area (Å²) < 4.78 is 15.1. The third-order valence-corrected chi connectivity index (χ3v) is 7.77. The Morgan fingerprint density at radius 1 is 0.971 bits per heavy atom. The van der Waals surface area contributed by atoms with Crippen molar-refractivity contribution < 1.29 is 18.8 Å². The van der Waals surface area contributed by atoms with Crippen LogP contribution in [0.3, 0.4) is 0 Å². The number of fused-ring (bicyclic) bond motifs is 1. The van der Waals surface area contributed by atoms with Gasteiger partial charge >= 0.3 is 0 Å². The Kier molecular flexibility index (Phi) is 5.56. The van der Waals surface area contributed by atoms with Crippen LogP contribution in [0, 0.1) is 5.82 Å². The molecule has 4 aliphatic rings. The molecule has 3 aliphatic heterocycles. The van der Waals surface area contributed by atoms with Gasteiger partial charge in [0.05, 0.1) is 5.69 Å². The number of amides is 3. The molecule has 182 valence electrons. The third kappa shape index (κ3) is 4.20. The largest absolute Gasteiger partial charge is 0.367 e. The smallest absolute Gasteiger partial charge is 0.255 e. The molecule has 1 saturated carbocycles. The van der Waals surface area contributed by atoms with Gasteiger partial charge in [-0.1, -0.05) is 24.3 Å². The van der Waals surface area contributed by atoms with Gasteiger partial charge in [-0.3, -0.25) is 24.6 Å². The Morgan fingerprint density at radius 2 is 1.74 bits per heavy atom. The van der Waals surface area contributed by atoms with Gasteiger partial charge in [0.2, 0.25) is 11.8 Å². The summed E-state index contributed by atoms with van der Waals surface area (Å²) in [4.78, 5) is 42.6. The average molecular weight is 477 g/mol. The van der Waals surface area contributed by atoms with Gasteiger partial charge in [0.25, 0.3) is 5.91 Å². The number of halogens is 1. The highest BCUT2D eigenvalue weighted by molar-refractivity contribution is 6.05. The molecule has 1 unspecified atom stereocenters. The lowest BCUT2D eigenvalue weighted by Crippen LogP contribution is -2.52. The number of anilines is 1. The summed E-state index contributed by atoms with van der Waals surface area (Å²) in [7, 11) is 0. The number of carbonyl (C=O) groups is 3. The Bertz CT molecular complexity index is 1200. The standard InChI is InChI=1S/C27H29FN4O3/c28-22-14-21-19(16-32(27(21)35)23-7-8-25(33)29-26(23)34)13-24(22)31-11-9-30(10-12-31)15-18-3-1-2-4-20(18)17-5-6-17/h1-4,13-14,17,23H,5-12,15-16H2,(H,29,33,34). The molecule has 0 spiro atoms. The van der Waals surface area contributed by atoms with Crippen LogP contribution in [-0.4, -0.2) is 59.7 Å². The number of benzene rings is 2. The highest BCUT2D eigenvalue weighted by Gasteiger charge is 2.40. The van der Waals surface area contributed by atoms with Crippen LogP contribution in [0.25, 0.3) is 0 Å². The summed E-state index contributed by atoms with van der Waals surface area (Å²) in [5.41, 5.74) is 4.44. The van der Waals surface area contributed by atoms with Crippen LogP contribution in [-0.2, 0) is 22.7 Å². The van der Waals surface area contributed by atoms with E-state index >= 15 is 4.39 Å². The van der Waals surface area contributed by atoms with Crippen molar-refractivity contribution in [1.82, 2.24) is 15.1 Å². The first-order valence-corrected chi connectivity index (χ1v) is 12.5. The Labute approximate surface area is 203 Å². The highest BCUT2D eigenvalue weighted by Crippen LogP contribution is 2.42. The number of piperidine rings is 1. The summed E-state index contributed by atoms with van der Waals surface area (Å²) >= 11 is 0. The average Bonchev–Trinajstić information content (AvgIpc) is 3.65. The Balaban J connectivity index is 1.13. The lowest BCUT2D eigenvalue weighted by Gasteiger charge is -2.36. The van der Waals surface area contributed by atoms with E-state index in [1.54, 1.807) is 6.07 Å². The fourth-order valence-corrected chi connectivity index (χ4v) is 5.68. The minimum absolute atomic E-state index is 0.200. The maximum absolute atomic E-state index is 15.1. The normalized spacial score (nSPS) is 23.0. The number of nitrogens with one attached hydrogen (secondary N) is 1. The molecule has 2 aromatic rings. The number of nitrogens with zero attached hydrogens (tertiary/aromatic N) is 3. The van der Waals surface area contributed by atoms with E-state index in [0.717, 1.165) is 31.1 Å². The van der Waals surface area contributed by atoms with Gasteiger partial charge in [0.1, 0.15) is 11.9 Å². The molecule has 3 amide bonds. The molecule has 2 saturated heterocycles. The SMILES string of the molecule is O=C1CCC(N2Cc3cc(N4CCN(Cc5ccccc5C5CC5)CC4)c(F)cc3C2=O)C(=O)N1. The number of hydrogen-bond donors (Lipinski definition) is 1. The summed E-state index contributed by atoms with van der Waals surface area (Å²) in [6.07, 6.45) is 3.06. The van der Waals surface area contributed by atoms with E-state index in [0.29, 0.717) is 30.8 Å². The zero-order valence-electron chi connectivity index (χ0n) is 19.6. The van der Waals surface area contributed by atoms with Crippen molar-refractivity contribution in [3.05, 3.63) is 64.5 Å². The minimum Gasteiger partial charge on any atom is -0.367 e. The topological polar surface area (TPSA) is 73.0 Å². The first-order chi connectivity index (χ1) is 17.0. The number of imide groups is 1. The molecule has 0 bridgehead atoms. The zero-order chi connectivity index (χ0) is 24.1. The van der Waals surface area contributed by atoms with E-state index in [4.69, 9.17) is 0 Å². The fraction of sp³-hybridized carbons (Fsp3) is 0.444. The summed E-state index contributed by atoms with van der Waals surface area (Å²) in [5.74, 6) is -0.814. The molecule has 8 heteroatoms. The minimum atomic E-state index is -0.693. The van der Waals surface area contributed by atoms with Crippen LogP contribution < -0.4 is 10.2 Å². The molecule has 0 radical (unpaired) electrons. The molecular weight excluding hydrogens is 447 g/mol. The van der Waals surface area contributed by atoms with E-state index in [2.05, 4.69) is 39.4 Å². The van der Waals surface area contributed by atoms with Crippen LogP contribution >= 0.6 is 0 Å². The lowest BCUT2D eigenvalue weighted by atomic mass is 10.0. The Hall–Kier alpha value is -3.26. The molecule has 6 rings (SSSR count). The van der Waals surface area contributed by atoms with Crippen molar-refractivity contribution in [2.24, 2.45) is 0 Å². The second kappa shape index (κ2) is 8.75. The van der Waals surface area contributed by atoms with E-state index in [1.807, 2.05) is 0 Å². The number of carbonyl (C=O) groups excluding carboxylic acids is 3. The van der Waals surface area contributed by atoms with Crippen molar-refractivity contribution in [1.29, 1.82) is 0 Å². The first kappa shape index (κ1) is 22.2. The Morgan fingerprint density at radius 3 is 2.49 bits per heavy atom. The predicted octanol–water partition coefficient (Wildman–Crippen LogP) is 2.79. The van der Waals surface area contributed by atoms with Gasteiger partial charge < -0.3 is 9.80 Å². The van der Waals surface area contributed by atoms with Crippen molar-refractivity contribution in [3.63, 3.8) is 0 Å². The van der Waals surface area contributed by atoms with E-state index in [-0.39, 0.29) is 24.8 Å². The molecule has 7 nitrogen and oxygen atoms in total. The maximum Gasteiger partial charge on any atom is 0.255 e. The van der Waals surface area contributed by atoms with Crippen molar-refractivity contribution in [2.75, 3.05) is 31.1 Å². The van der Waals surface area contributed by atoms with Crippen LogP contribution in [0.15, 0.2) is 36.4 Å². The molecular formula is C27H29FN4O3. The third-order valence-electron chi connectivity index (χ3n) is 7.77. The van der Waals surface area contributed by atoms with Crippen LogP contribution in [0.4, 0.5) is 10.1 Å². The van der Waals surface area contributed by atoms with Crippen LogP contribution in [0.1, 0.15) is 58.6 Å². The molecule has 3 fully saturated rings. The van der Waals surface area contributed by atoms with E-state index < -0.39 is 17.8 Å². The first-order valence-electron chi connectivity index (χ1n) is 12.5. The molecule has 1 aliphatic carbocycles. The van der Waals surface area contributed by atoms with Gasteiger partial charge in [-0.25, -0.2) is 4.39 Å². The predicted molar refractivity (Wildman–Crippen MR) is 128 cm³/mol. The van der Waals surface area contributed by atoms with E-state index in [1.165, 1.54) is 34.9 Å². The van der Waals surface area contributed by atoms with Crippen LogP contribution in [0.5, 0.6) is 0 Å². The van der Waals surface area contributed by atoms with Gasteiger partial charge in [-0.2, -0.15) is 0 Å². The van der Waals surface area contributed by atoms with Crippen molar-refractivity contribution in [2.45, 2.75) is 50.7 Å². The maximum atomic E-state index is 15.1. The summed E-state index contributed by atoms with van der Waals surface area (Å²) in [6, 6.07) is 11.1. The lowest BCUT2D eigenvalue weighted by molar-refractivity contribution is -0.136. The van der Waals surface area contributed by atoms with Crippen LogP contribution in [0.2, 0.25) is 0 Å². The molecule has 1 N–H and O–H groups in total. The number of piperazine rings is 1. The second-order valence-electron chi connectivity index (χ2n) is 10.1. The van der Waals surface area contributed by atoms with E-state index in [9.17, 15) is 14.4 Å². The molecule has 1 atom stereocenters. The molecule has 3 heterocycles. The molecule has 2 aromatic carbocycles. The fourth-order valence-electron chi connectivity index (χ4n) is 5.68. The van der Waals surface area contributed by atoms with Gasteiger partial charge in [-0.15, -0.1) is 0 Å². The quantitative estimate of drug-likeness (QED) is 0.672. The van der Waals surface area contributed by atoms with Crippen molar-refractivity contribution in [3.8, 4) is 0 Å². The second-order valence-corrected chi connectivity index (χ2v) is 10.1. The summed E-state index contributed by atoms with van der Waals surface area (Å²) in [6.45, 7) is 4.29. The van der Waals surface area contributed by atoms with Crippen molar-refractivity contribution >= 4 is 23.4 Å². The summed E-state index contributed by atoms with van der Waals surface area (Å²) in [5, 5.41) is 2.30. The van der Waals surface area contributed by atoms with Gasteiger partial charge in [0, 0.05) is 51.3 Å². The number of rotatable bonds is 5. The zero-order valence-corrected chi connectivity index (χ0v) is 19.6. The monoisotopic (exact) mass is 476 g/mol. The van der Waals surface area contributed by atoms with Gasteiger partial charge in [0.15, 0.2) is 0 Å². The molecule has 0 aromatic heterocycles. The molecule has 35 heavy (non-hydrogen) atoms. The highest BCUT2D eigenvalue weighted by atomic mass is 19.1. The number of hydrogen-bond acceptors (Lipinski definition) is 5.